The normalized spacial score (nSPS) is 13.0. The molecule has 0 heterocycles. The number of aliphatic carboxylic acids is 1. The number of rotatable bonds is 49. The molecule has 0 aromatic heterocycles. The first-order valence-corrected chi connectivity index (χ1v) is 26.5. The summed E-state index contributed by atoms with van der Waals surface area (Å²) < 4.78 is 22.6. The van der Waals surface area contributed by atoms with Gasteiger partial charge >= 0.3 is 11.9 Å². The van der Waals surface area contributed by atoms with Crippen LogP contribution in [0.5, 0.6) is 0 Å². The molecule has 0 N–H and O–H groups in total. The maximum atomic E-state index is 12.8. The van der Waals surface area contributed by atoms with Crippen LogP contribution in [-0.4, -0.2) is 82.3 Å². The molecule has 0 fully saturated rings. The highest BCUT2D eigenvalue weighted by atomic mass is 16.7. The molecule has 370 valence electrons. The fourth-order valence-electron chi connectivity index (χ4n) is 7.57. The third kappa shape index (κ3) is 47.5. The van der Waals surface area contributed by atoms with Gasteiger partial charge in [-0.1, -0.05) is 212 Å². The molecule has 2 unspecified atom stereocenters. The van der Waals surface area contributed by atoms with Crippen molar-refractivity contribution in [3.8, 4) is 0 Å². The van der Waals surface area contributed by atoms with E-state index in [-0.39, 0.29) is 32.2 Å². The first-order chi connectivity index (χ1) is 30.6. The van der Waals surface area contributed by atoms with Crippen LogP contribution in [0.1, 0.15) is 245 Å². The van der Waals surface area contributed by atoms with Crippen molar-refractivity contribution in [2.75, 3.05) is 47.5 Å². The van der Waals surface area contributed by atoms with Gasteiger partial charge in [0, 0.05) is 12.8 Å². The predicted octanol–water partition coefficient (Wildman–Crippen LogP) is 13.5. The second-order valence-corrected chi connectivity index (χ2v) is 19.2. The summed E-state index contributed by atoms with van der Waals surface area (Å²) >= 11 is 0. The zero-order valence-corrected chi connectivity index (χ0v) is 42.0. The second kappa shape index (κ2) is 46.3. The summed E-state index contributed by atoms with van der Waals surface area (Å²) in [4.78, 5) is 37.1. The van der Waals surface area contributed by atoms with Crippen LogP contribution in [0.3, 0.4) is 0 Å². The van der Waals surface area contributed by atoms with Gasteiger partial charge in [-0.2, -0.15) is 0 Å². The van der Waals surface area contributed by atoms with Crippen LogP contribution in [0.15, 0.2) is 24.3 Å². The molecule has 9 nitrogen and oxygen atoms in total. The topological polar surface area (TPSA) is 111 Å². The van der Waals surface area contributed by atoms with E-state index < -0.39 is 24.3 Å². The summed E-state index contributed by atoms with van der Waals surface area (Å²) in [5.41, 5.74) is 0. The van der Waals surface area contributed by atoms with Crippen LogP contribution < -0.4 is 5.11 Å². The van der Waals surface area contributed by atoms with E-state index in [2.05, 4.69) is 38.2 Å². The van der Waals surface area contributed by atoms with Crippen molar-refractivity contribution in [1.29, 1.82) is 0 Å². The smallest absolute Gasteiger partial charge is 0.306 e. The molecule has 63 heavy (non-hydrogen) atoms. The quantitative estimate of drug-likeness (QED) is 0.0195. The third-order valence-corrected chi connectivity index (χ3v) is 11.7. The average molecular weight is 892 g/mol. The number of likely N-dealkylation sites (N-methyl/N-ethyl adjacent to an activating group) is 1. The van der Waals surface area contributed by atoms with Crippen molar-refractivity contribution in [1.82, 2.24) is 0 Å². The molecular formula is C54H101NO8. The lowest BCUT2D eigenvalue weighted by atomic mass is 10.0. The lowest BCUT2D eigenvalue weighted by molar-refractivity contribution is -0.870. The Morgan fingerprint density at radius 2 is 0.857 bits per heavy atom. The molecule has 0 aromatic rings. The van der Waals surface area contributed by atoms with Crippen molar-refractivity contribution >= 4 is 17.9 Å². The van der Waals surface area contributed by atoms with Crippen molar-refractivity contribution in [3.05, 3.63) is 24.3 Å². The van der Waals surface area contributed by atoms with E-state index >= 15 is 0 Å². The van der Waals surface area contributed by atoms with E-state index in [0.717, 1.165) is 57.8 Å². The molecule has 0 rings (SSSR count). The molecule has 0 radical (unpaired) electrons. The molecule has 0 saturated heterocycles. The van der Waals surface area contributed by atoms with Gasteiger partial charge in [0.1, 0.15) is 13.2 Å². The number of carboxylic acid groups (broad SMARTS) is 1. The first-order valence-electron chi connectivity index (χ1n) is 26.5. The molecule has 0 aliphatic heterocycles. The Bertz CT molecular complexity index is 1090. The molecule has 0 aliphatic carbocycles. The van der Waals surface area contributed by atoms with Gasteiger partial charge in [0.2, 0.25) is 0 Å². The monoisotopic (exact) mass is 892 g/mol. The van der Waals surface area contributed by atoms with E-state index in [1.807, 2.05) is 21.1 Å². The van der Waals surface area contributed by atoms with Gasteiger partial charge in [-0.3, -0.25) is 9.59 Å². The highest BCUT2D eigenvalue weighted by molar-refractivity contribution is 5.70. The number of carbonyl (C=O) groups is 3. The summed E-state index contributed by atoms with van der Waals surface area (Å²) in [5.74, 6) is -2.29. The maximum absolute atomic E-state index is 12.8. The van der Waals surface area contributed by atoms with E-state index in [0.29, 0.717) is 23.9 Å². The summed E-state index contributed by atoms with van der Waals surface area (Å²) in [5, 5.41) is 11.7. The number of esters is 2. The number of hydrogen-bond donors (Lipinski definition) is 0. The van der Waals surface area contributed by atoms with Crippen LogP contribution >= 0.6 is 0 Å². The zero-order valence-electron chi connectivity index (χ0n) is 42.0. The predicted molar refractivity (Wildman–Crippen MR) is 260 cm³/mol. The Morgan fingerprint density at radius 3 is 1.27 bits per heavy atom. The minimum Gasteiger partial charge on any atom is -0.545 e. The number of ether oxygens (including phenoxy) is 4. The maximum Gasteiger partial charge on any atom is 0.306 e. The molecule has 0 aromatic carbocycles. The molecule has 9 heteroatoms. The molecule has 0 aliphatic rings. The largest absolute Gasteiger partial charge is 0.545 e. The highest BCUT2D eigenvalue weighted by Gasteiger charge is 2.22. The minimum absolute atomic E-state index is 0.147. The van der Waals surface area contributed by atoms with Gasteiger partial charge in [0.05, 0.1) is 40.3 Å². The summed E-state index contributed by atoms with van der Waals surface area (Å²) in [6.45, 7) is 4.74. The Labute approximate surface area is 388 Å². The molecular weight excluding hydrogens is 791 g/mol. The van der Waals surface area contributed by atoms with Crippen molar-refractivity contribution in [2.45, 2.75) is 257 Å². The number of carbonyl (C=O) groups excluding carboxylic acids is 3. The molecule has 2 atom stereocenters. The standard InChI is InChI=1S/C54H101NO8/c1-6-8-10-12-14-16-18-20-22-24-25-26-27-28-29-31-32-34-36-38-40-42-44-51(56)61-48-50(49-62-54(53(58)59)60-47-46-55(3,4)5)63-52(57)45-43-41-39-37-35-33-30-23-21-19-17-15-13-11-9-7-2/h17,19,23,30,50,54H,6-16,18,20-22,24-29,31-49H2,1-5H3/b19-17-,30-23-. The molecule has 0 spiro atoms. The van der Waals surface area contributed by atoms with Gasteiger partial charge in [0.15, 0.2) is 12.4 Å². The number of nitrogens with zero attached hydrogens (tertiary/aromatic N) is 1. The Morgan fingerprint density at radius 1 is 0.476 bits per heavy atom. The van der Waals surface area contributed by atoms with E-state index in [1.54, 1.807) is 0 Å². The summed E-state index contributed by atoms with van der Waals surface area (Å²) in [6.07, 6.45) is 49.3. The lowest BCUT2D eigenvalue weighted by Crippen LogP contribution is -2.44. The lowest BCUT2D eigenvalue weighted by Gasteiger charge is -2.26. The number of allylic oxidation sites excluding steroid dienone is 4. The summed E-state index contributed by atoms with van der Waals surface area (Å²) in [7, 11) is 5.92. The Balaban J connectivity index is 4.27. The second-order valence-electron chi connectivity index (χ2n) is 19.2. The van der Waals surface area contributed by atoms with Crippen molar-refractivity contribution < 1.29 is 42.9 Å². The Kier molecular flexibility index (Phi) is 44.7. The number of carboxylic acids is 1. The van der Waals surface area contributed by atoms with E-state index in [1.165, 1.54) is 154 Å². The van der Waals surface area contributed by atoms with E-state index in [4.69, 9.17) is 18.9 Å². The fourth-order valence-corrected chi connectivity index (χ4v) is 7.57. The van der Waals surface area contributed by atoms with Gasteiger partial charge in [-0.25, -0.2) is 0 Å². The molecule has 0 saturated carbocycles. The van der Waals surface area contributed by atoms with Gasteiger partial charge in [-0.05, 0) is 44.9 Å². The first kappa shape index (κ1) is 60.8. The highest BCUT2D eigenvalue weighted by Crippen LogP contribution is 2.16. The van der Waals surface area contributed by atoms with Crippen LogP contribution in [0.25, 0.3) is 0 Å². The van der Waals surface area contributed by atoms with Crippen LogP contribution in [0, 0.1) is 0 Å². The molecule has 0 amide bonds. The van der Waals surface area contributed by atoms with Gasteiger partial charge in [-0.15, -0.1) is 0 Å². The van der Waals surface area contributed by atoms with Gasteiger partial charge in [0.25, 0.3) is 0 Å². The molecule has 0 bridgehead atoms. The van der Waals surface area contributed by atoms with Crippen molar-refractivity contribution in [2.24, 2.45) is 0 Å². The number of hydrogen-bond acceptors (Lipinski definition) is 8. The SMILES string of the molecule is CCCCCC/C=C\C/C=C\CCCCCCCC(=O)OC(COC(=O)CCCCCCCCCCCCCCCCCCCCCCCC)COC(OCC[N+](C)(C)C)C(=O)[O-]. The number of unbranched alkanes of at least 4 members (excludes halogenated alkanes) is 30. The van der Waals surface area contributed by atoms with Crippen molar-refractivity contribution in [3.63, 3.8) is 0 Å². The minimum atomic E-state index is -1.62. The zero-order chi connectivity index (χ0) is 46.3. The Hall–Kier alpha value is -2.23. The summed E-state index contributed by atoms with van der Waals surface area (Å²) in [6, 6.07) is 0. The van der Waals surface area contributed by atoms with Crippen LogP contribution in [0.4, 0.5) is 0 Å². The van der Waals surface area contributed by atoms with Crippen LogP contribution in [0.2, 0.25) is 0 Å². The average Bonchev–Trinajstić information content (AvgIpc) is 3.24. The number of quaternary nitrogens is 1. The fraction of sp³-hybridized carbons (Fsp3) is 0.870. The van der Waals surface area contributed by atoms with E-state index in [9.17, 15) is 19.5 Å². The van der Waals surface area contributed by atoms with Crippen LogP contribution in [-0.2, 0) is 33.3 Å². The van der Waals surface area contributed by atoms with Gasteiger partial charge < -0.3 is 33.3 Å². The third-order valence-electron chi connectivity index (χ3n) is 11.7.